The molecule has 0 spiro atoms. The number of amides is 1. The van der Waals surface area contributed by atoms with Crippen molar-refractivity contribution in [1.82, 2.24) is 9.88 Å². The normalized spacial score (nSPS) is 11.1. The van der Waals surface area contributed by atoms with E-state index in [4.69, 9.17) is 5.73 Å². The molecule has 1 amide bonds. The number of hydrogen-bond donors (Lipinski definition) is 1. The molecule has 2 N–H and O–H groups in total. The zero-order valence-electron chi connectivity index (χ0n) is 12.9. The standard InChI is InChI=1S/C15H18FN3OS.2ClH/c1-10(8-17)19(2)14(20)7-13-9-21-15(18-13)11-4-3-5-12(16)6-11;;/h3-6,9-10H,7-8,17H2,1-2H3;2*1H. The van der Waals surface area contributed by atoms with Crippen molar-refractivity contribution in [1.29, 1.82) is 0 Å². The zero-order chi connectivity index (χ0) is 15.4. The number of nitrogens with zero attached hydrogens (tertiary/aromatic N) is 2. The second kappa shape index (κ2) is 9.82. The van der Waals surface area contributed by atoms with Gasteiger partial charge in [-0.15, -0.1) is 36.2 Å². The fourth-order valence-corrected chi connectivity index (χ4v) is 2.64. The Morgan fingerprint density at radius 3 is 2.74 bits per heavy atom. The first-order chi connectivity index (χ1) is 10.0. The Bertz CT molecular complexity index is 639. The number of nitrogens with two attached hydrogens (primary N) is 1. The molecule has 0 saturated heterocycles. The van der Waals surface area contributed by atoms with Gasteiger partial charge in [0.05, 0.1) is 12.1 Å². The molecule has 128 valence electrons. The summed E-state index contributed by atoms with van der Waals surface area (Å²) in [6, 6.07) is 6.28. The Labute approximate surface area is 151 Å². The highest BCUT2D eigenvalue weighted by atomic mass is 35.5. The number of likely N-dealkylation sites (N-methyl/N-ethyl adjacent to an activating group) is 1. The third-order valence-electron chi connectivity index (χ3n) is 3.35. The number of halogens is 3. The van der Waals surface area contributed by atoms with Gasteiger partial charge in [-0.3, -0.25) is 4.79 Å². The Kier molecular flexibility index (Phi) is 9.31. The lowest BCUT2D eigenvalue weighted by Gasteiger charge is -2.23. The average Bonchev–Trinajstić information content (AvgIpc) is 2.94. The summed E-state index contributed by atoms with van der Waals surface area (Å²) < 4.78 is 13.2. The first-order valence-corrected chi connectivity index (χ1v) is 7.55. The molecule has 0 bridgehead atoms. The van der Waals surface area contributed by atoms with Gasteiger partial charge in [0.25, 0.3) is 0 Å². The summed E-state index contributed by atoms with van der Waals surface area (Å²) in [5.74, 6) is -0.319. The van der Waals surface area contributed by atoms with Gasteiger partial charge in [-0.1, -0.05) is 12.1 Å². The van der Waals surface area contributed by atoms with Gasteiger partial charge in [-0.2, -0.15) is 0 Å². The molecule has 0 aliphatic rings. The first-order valence-electron chi connectivity index (χ1n) is 6.67. The summed E-state index contributed by atoms with van der Waals surface area (Å²) in [6.45, 7) is 2.32. The van der Waals surface area contributed by atoms with Crippen LogP contribution in [0.4, 0.5) is 4.39 Å². The van der Waals surface area contributed by atoms with Crippen LogP contribution in [-0.4, -0.2) is 35.4 Å². The molecule has 1 atom stereocenters. The molecular weight excluding hydrogens is 360 g/mol. The number of benzene rings is 1. The number of thiazole rings is 1. The van der Waals surface area contributed by atoms with Crippen LogP contribution in [0, 0.1) is 5.82 Å². The van der Waals surface area contributed by atoms with E-state index in [1.165, 1.54) is 23.5 Å². The summed E-state index contributed by atoms with van der Waals surface area (Å²) in [7, 11) is 1.74. The van der Waals surface area contributed by atoms with Crippen molar-refractivity contribution in [3.63, 3.8) is 0 Å². The molecular formula is C15H20Cl2FN3OS. The zero-order valence-corrected chi connectivity index (χ0v) is 15.3. The van der Waals surface area contributed by atoms with Crippen LogP contribution in [0.1, 0.15) is 12.6 Å². The van der Waals surface area contributed by atoms with Crippen molar-refractivity contribution in [2.24, 2.45) is 5.73 Å². The molecule has 0 aliphatic carbocycles. The topological polar surface area (TPSA) is 59.2 Å². The summed E-state index contributed by atoms with van der Waals surface area (Å²) in [5.41, 5.74) is 6.97. The largest absolute Gasteiger partial charge is 0.341 e. The highest BCUT2D eigenvalue weighted by Crippen LogP contribution is 2.24. The first kappa shape index (κ1) is 21.8. The molecule has 0 radical (unpaired) electrons. The highest BCUT2D eigenvalue weighted by molar-refractivity contribution is 7.13. The van der Waals surface area contributed by atoms with Gasteiger partial charge < -0.3 is 10.6 Å². The fourth-order valence-electron chi connectivity index (χ4n) is 1.83. The SMILES string of the molecule is CC(CN)N(C)C(=O)Cc1csc(-c2cccc(F)c2)n1.Cl.Cl. The molecule has 1 aromatic carbocycles. The fraction of sp³-hybridized carbons (Fsp3) is 0.333. The predicted octanol–water partition coefficient (Wildman–Crippen LogP) is 3.14. The van der Waals surface area contributed by atoms with Crippen LogP contribution in [0.2, 0.25) is 0 Å². The van der Waals surface area contributed by atoms with E-state index in [9.17, 15) is 9.18 Å². The van der Waals surface area contributed by atoms with Gasteiger partial charge in [0, 0.05) is 30.6 Å². The number of hydrogen-bond acceptors (Lipinski definition) is 4. The van der Waals surface area contributed by atoms with Gasteiger partial charge in [0.15, 0.2) is 0 Å². The van der Waals surface area contributed by atoms with Gasteiger partial charge >= 0.3 is 0 Å². The van der Waals surface area contributed by atoms with Crippen molar-refractivity contribution in [3.8, 4) is 10.6 Å². The second-order valence-corrected chi connectivity index (χ2v) is 5.78. The summed E-state index contributed by atoms with van der Waals surface area (Å²) >= 11 is 1.41. The molecule has 1 unspecified atom stereocenters. The van der Waals surface area contributed by atoms with E-state index in [1.54, 1.807) is 24.1 Å². The summed E-state index contributed by atoms with van der Waals surface area (Å²) in [6.07, 6.45) is 0.229. The van der Waals surface area contributed by atoms with Gasteiger partial charge in [0.1, 0.15) is 10.8 Å². The van der Waals surface area contributed by atoms with E-state index in [1.807, 2.05) is 12.3 Å². The lowest BCUT2D eigenvalue weighted by Crippen LogP contribution is -2.40. The third kappa shape index (κ3) is 5.73. The number of carbonyl (C=O) groups excluding carboxylic acids is 1. The van der Waals surface area contributed by atoms with Crippen molar-refractivity contribution in [2.75, 3.05) is 13.6 Å². The maximum absolute atomic E-state index is 13.2. The molecule has 8 heteroatoms. The van der Waals surface area contributed by atoms with E-state index in [0.29, 0.717) is 17.2 Å². The molecule has 4 nitrogen and oxygen atoms in total. The lowest BCUT2D eigenvalue weighted by atomic mass is 10.2. The van der Waals surface area contributed by atoms with E-state index < -0.39 is 0 Å². The molecule has 2 rings (SSSR count). The maximum Gasteiger partial charge on any atom is 0.228 e. The Balaban J connectivity index is 0.00000242. The van der Waals surface area contributed by atoms with Crippen molar-refractivity contribution in [2.45, 2.75) is 19.4 Å². The molecule has 2 aromatic rings. The molecule has 0 aliphatic heterocycles. The minimum atomic E-state index is -0.295. The Morgan fingerprint density at radius 1 is 1.43 bits per heavy atom. The van der Waals surface area contributed by atoms with Gasteiger partial charge in [0.2, 0.25) is 5.91 Å². The molecule has 0 saturated carbocycles. The smallest absolute Gasteiger partial charge is 0.228 e. The quantitative estimate of drug-likeness (QED) is 0.867. The van der Waals surface area contributed by atoms with Crippen molar-refractivity contribution in [3.05, 3.63) is 41.2 Å². The van der Waals surface area contributed by atoms with Crippen LogP contribution in [0.25, 0.3) is 10.6 Å². The van der Waals surface area contributed by atoms with Crippen LogP contribution < -0.4 is 5.73 Å². The van der Waals surface area contributed by atoms with Crippen molar-refractivity contribution >= 4 is 42.1 Å². The second-order valence-electron chi connectivity index (χ2n) is 4.92. The molecule has 23 heavy (non-hydrogen) atoms. The van der Waals surface area contributed by atoms with Gasteiger partial charge in [-0.25, -0.2) is 9.37 Å². The van der Waals surface area contributed by atoms with Crippen LogP contribution >= 0.6 is 36.2 Å². The van der Waals surface area contributed by atoms with Gasteiger partial charge in [-0.05, 0) is 19.1 Å². The highest BCUT2D eigenvalue weighted by Gasteiger charge is 2.16. The predicted molar refractivity (Wildman–Crippen MR) is 97.0 cm³/mol. The number of carbonyl (C=O) groups is 1. The third-order valence-corrected chi connectivity index (χ3v) is 4.29. The Hall–Kier alpha value is -1.21. The minimum absolute atomic E-state index is 0. The molecule has 1 aromatic heterocycles. The van der Waals surface area contributed by atoms with Crippen LogP contribution in [0.15, 0.2) is 29.6 Å². The molecule has 0 fully saturated rings. The van der Waals surface area contributed by atoms with E-state index >= 15 is 0 Å². The van der Waals surface area contributed by atoms with E-state index in [2.05, 4.69) is 4.98 Å². The number of rotatable bonds is 5. The van der Waals surface area contributed by atoms with E-state index in [-0.39, 0.29) is 49.0 Å². The Morgan fingerprint density at radius 2 is 2.13 bits per heavy atom. The summed E-state index contributed by atoms with van der Waals surface area (Å²) in [4.78, 5) is 18.1. The van der Waals surface area contributed by atoms with Crippen LogP contribution in [0.5, 0.6) is 0 Å². The lowest BCUT2D eigenvalue weighted by molar-refractivity contribution is -0.130. The summed E-state index contributed by atoms with van der Waals surface area (Å²) in [5, 5.41) is 2.55. The van der Waals surface area contributed by atoms with E-state index in [0.717, 1.165) is 5.56 Å². The molecule has 1 heterocycles. The van der Waals surface area contributed by atoms with Crippen LogP contribution in [-0.2, 0) is 11.2 Å². The van der Waals surface area contributed by atoms with Crippen LogP contribution in [0.3, 0.4) is 0 Å². The average molecular weight is 380 g/mol. The van der Waals surface area contributed by atoms with Crippen molar-refractivity contribution < 1.29 is 9.18 Å². The maximum atomic E-state index is 13.2. The number of aromatic nitrogens is 1. The monoisotopic (exact) mass is 379 g/mol. The minimum Gasteiger partial charge on any atom is -0.341 e.